The number of ether oxygens (including phenoxy) is 1. The maximum atomic E-state index is 10.4. The Morgan fingerprint density at radius 1 is 1.08 bits per heavy atom. The summed E-state index contributed by atoms with van der Waals surface area (Å²) in [4.78, 5) is 10.4. The molecule has 0 radical (unpaired) electrons. The third kappa shape index (κ3) is 10.4. The van der Waals surface area contributed by atoms with E-state index in [4.69, 9.17) is 9.84 Å². The van der Waals surface area contributed by atoms with Gasteiger partial charge in [0, 0.05) is 6.42 Å². The normalized spacial score (nSPS) is 21.9. The van der Waals surface area contributed by atoms with E-state index in [0.29, 0.717) is 12.8 Å². The lowest BCUT2D eigenvalue weighted by Crippen LogP contribution is -2.13. The van der Waals surface area contributed by atoms with Gasteiger partial charge in [0.2, 0.25) is 0 Å². The summed E-state index contributed by atoms with van der Waals surface area (Å²) >= 11 is 0. The number of epoxide rings is 1. The molecule has 136 valence electrons. The summed E-state index contributed by atoms with van der Waals surface area (Å²) in [5, 5.41) is 18.5. The largest absolute Gasteiger partial charge is 0.481 e. The van der Waals surface area contributed by atoms with Crippen LogP contribution in [0.15, 0.2) is 36.5 Å². The van der Waals surface area contributed by atoms with Crippen molar-refractivity contribution in [1.29, 1.82) is 0 Å². The Morgan fingerprint density at radius 3 is 2.58 bits per heavy atom. The van der Waals surface area contributed by atoms with E-state index in [1.807, 2.05) is 6.08 Å². The summed E-state index contributed by atoms with van der Waals surface area (Å²) in [6.45, 7) is 2.21. The van der Waals surface area contributed by atoms with Crippen LogP contribution in [0.3, 0.4) is 0 Å². The molecular formula is C20H32O4. The van der Waals surface area contributed by atoms with Gasteiger partial charge in [-0.05, 0) is 38.5 Å². The van der Waals surface area contributed by atoms with Crippen molar-refractivity contribution in [1.82, 2.24) is 0 Å². The molecule has 0 aromatic rings. The standard InChI is InChI=1S/C20H32O4/c1-2-3-4-5-6-7-8-9-12-15-18-20(24-18)17(21)14-11-10-13-16-19(22)23/h6-7,9,11-12,14,17-18,20-21H,2-5,8,10,13,15-16H2,1H3,(H,22,23)/b7-6-,12-9-,14-11-/t17-,18+,20+/m0/s1. The molecular weight excluding hydrogens is 304 g/mol. The summed E-state index contributed by atoms with van der Waals surface area (Å²) in [6, 6.07) is 0. The molecule has 1 saturated heterocycles. The number of carboxylic acid groups (broad SMARTS) is 1. The van der Waals surface area contributed by atoms with E-state index in [2.05, 4.69) is 31.2 Å². The van der Waals surface area contributed by atoms with Gasteiger partial charge >= 0.3 is 5.97 Å². The quantitative estimate of drug-likeness (QED) is 0.280. The Bertz CT molecular complexity index is 425. The first kappa shape index (κ1) is 20.7. The minimum absolute atomic E-state index is 0.105. The molecule has 4 heteroatoms. The van der Waals surface area contributed by atoms with Crippen LogP contribution < -0.4 is 0 Å². The average molecular weight is 336 g/mol. The van der Waals surface area contributed by atoms with Crippen molar-refractivity contribution in [2.45, 2.75) is 83.0 Å². The molecule has 3 atom stereocenters. The second-order valence-electron chi connectivity index (χ2n) is 6.25. The summed E-state index contributed by atoms with van der Waals surface area (Å²) in [6.07, 6.45) is 19.9. The minimum atomic E-state index is -0.780. The van der Waals surface area contributed by atoms with Crippen molar-refractivity contribution >= 4 is 5.97 Å². The number of aliphatic hydroxyl groups is 1. The van der Waals surface area contributed by atoms with Crippen LogP contribution in [0.5, 0.6) is 0 Å². The van der Waals surface area contributed by atoms with Crippen molar-refractivity contribution in [3.63, 3.8) is 0 Å². The third-order valence-electron chi connectivity index (χ3n) is 4.00. The van der Waals surface area contributed by atoms with Gasteiger partial charge in [0.1, 0.15) is 12.2 Å². The predicted molar refractivity (Wildman–Crippen MR) is 97.0 cm³/mol. The van der Waals surface area contributed by atoms with Crippen LogP contribution in [0, 0.1) is 0 Å². The highest BCUT2D eigenvalue weighted by Gasteiger charge is 2.42. The molecule has 1 aliphatic heterocycles. The van der Waals surface area contributed by atoms with Crippen molar-refractivity contribution in [3.8, 4) is 0 Å². The summed E-state index contributed by atoms with van der Waals surface area (Å²) < 4.78 is 5.48. The van der Waals surface area contributed by atoms with Gasteiger partial charge in [0.15, 0.2) is 0 Å². The van der Waals surface area contributed by atoms with E-state index >= 15 is 0 Å². The number of allylic oxidation sites excluding steroid dienone is 4. The Morgan fingerprint density at radius 2 is 1.83 bits per heavy atom. The van der Waals surface area contributed by atoms with E-state index in [9.17, 15) is 9.90 Å². The van der Waals surface area contributed by atoms with Crippen LogP contribution in [-0.4, -0.2) is 34.5 Å². The molecule has 0 saturated carbocycles. The topological polar surface area (TPSA) is 70.1 Å². The second-order valence-corrected chi connectivity index (χ2v) is 6.25. The Kier molecular flexibility index (Phi) is 11.2. The highest BCUT2D eigenvalue weighted by Crippen LogP contribution is 2.29. The summed E-state index contributed by atoms with van der Waals surface area (Å²) in [7, 11) is 0. The van der Waals surface area contributed by atoms with Crippen molar-refractivity contribution in [2.24, 2.45) is 0 Å². The lowest BCUT2D eigenvalue weighted by Gasteiger charge is -1.99. The summed E-state index contributed by atoms with van der Waals surface area (Å²) in [5.41, 5.74) is 0. The number of hydrogen-bond donors (Lipinski definition) is 2. The van der Waals surface area contributed by atoms with Crippen LogP contribution in [0.25, 0.3) is 0 Å². The molecule has 0 amide bonds. The monoisotopic (exact) mass is 336 g/mol. The number of unbranched alkanes of at least 4 members (excludes halogenated alkanes) is 4. The first-order valence-corrected chi connectivity index (χ1v) is 9.17. The molecule has 1 rings (SSSR count). The Hall–Kier alpha value is -1.39. The maximum Gasteiger partial charge on any atom is 0.303 e. The molecule has 1 heterocycles. The van der Waals surface area contributed by atoms with E-state index < -0.39 is 12.1 Å². The Balaban J connectivity index is 2.03. The number of hydrogen-bond acceptors (Lipinski definition) is 3. The number of aliphatic hydroxyl groups excluding tert-OH is 1. The van der Waals surface area contributed by atoms with Crippen LogP contribution in [0.2, 0.25) is 0 Å². The highest BCUT2D eigenvalue weighted by molar-refractivity contribution is 5.66. The molecule has 2 N–H and O–H groups in total. The second kappa shape index (κ2) is 13.0. The van der Waals surface area contributed by atoms with E-state index in [1.54, 1.807) is 6.08 Å². The van der Waals surface area contributed by atoms with Crippen LogP contribution in [0.4, 0.5) is 0 Å². The molecule has 24 heavy (non-hydrogen) atoms. The van der Waals surface area contributed by atoms with E-state index in [-0.39, 0.29) is 18.6 Å². The molecule has 0 aromatic heterocycles. The number of rotatable bonds is 14. The number of aliphatic carboxylic acids is 1. The van der Waals surface area contributed by atoms with Gasteiger partial charge in [0.25, 0.3) is 0 Å². The van der Waals surface area contributed by atoms with Crippen LogP contribution in [-0.2, 0) is 9.53 Å². The van der Waals surface area contributed by atoms with E-state index in [1.165, 1.54) is 25.7 Å². The molecule has 0 aliphatic carbocycles. The third-order valence-corrected chi connectivity index (χ3v) is 4.00. The first-order valence-electron chi connectivity index (χ1n) is 9.17. The Labute approximate surface area is 145 Å². The fourth-order valence-electron chi connectivity index (χ4n) is 2.49. The highest BCUT2D eigenvalue weighted by atomic mass is 16.6. The van der Waals surface area contributed by atoms with Crippen molar-refractivity contribution in [3.05, 3.63) is 36.5 Å². The maximum absolute atomic E-state index is 10.4. The smallest absolute Gasteiger partial charge is 0.303 e. The zero-order valence-corrected chi connectivity index (χ0v) is 14.8. The molecule has 1 fully saturated rings. The zero-order valence-electron chi connectivity index (χ0n) is 14.8. The van der Waals surface area contributed by atoms with Gasteiger partial charge in [-0.1, -0.05) is 56.2 Å². The first-order chi connectivity index (χ1) is 11.6. The minimum Gasteiger partial charge on any atom is -0.481 e. The van der Waals surface area contributed by atoms with Crippen molar-refractivity contribution in [2.75, 3.05) is 0 Å². The predicted octanol–water partition coefficient (Wildman–Crippen LogP) is 4.40. The van der Waals surface area contributed by atoms with Gasteiger partial charge in [-0.3, -0.25) is 4.79 Å². The molecule has 0 unspecified atom stereocenters. The molecule has 0 spiro atoms. The SMILES string of the molecule is CCCCC/C=C\C/C=C\C[C@H]1O[C@@H]1[C@@H](O)/C=C\CCCC(=O)O. The van der Waals surface area contributed by atoms with Gasteiger partial charge in [-0.25, -0.2) is 0 Å². The molecule has 0 aromatic carbocycles. The fraction of sp³-hybridized carbons (Fsp3) is 0.650. The molecule has 0 bridgehead atoms. The lowest BCUT2D eigenvalue weighted by atomic mass is 10.1. The zero-order chi connectivity index (χ0) is 17.6. The average Bonchev–Trinajstić information content (AvgIpc) is 3.32. The summed E-state index contributed by atoms with van der Waals surface area (Å²) in [5.74, 6) is -0.780. The number of carbonyl (C=O) groups is 1. The van der Waals surface area contributed by atoms with Gasteiger partial charge in [-0.2, -0.15) is 0 Å². The van der Waals surface area contributed by atoms with Gasteiger partial charge in [-0.15, -0.1) is 0 Å². The fourth-order valence-corrected chi connectivity index (χ4v) is 2.49. The van der Waals surface area contributed by atoms with Gasteiger partial charge in [0.05, 0.1) is 6.10 Å². The van der Waals surface area contributed by atoms with Crippen LogP contribution in [0.1, 0.15) is 64.7 Å². The van der Waals surface area contributed by atoms with E-state index in [0.717, 1.165) is 12.8 Å². The van der Waals surface area contributed by atoms with Crippen molar-refractivity contribution < 1.29 is 19.7 Å². The van der Waals surface area contributed by atoms with Gasteiger partial charge < -0.3 is 14.9 Å². The number of carboxylic acids is 1. The lowest BCUT2D eigenvalue weighted by molar-refractivity contribution is -0.137. The van der Waals surface area contributed by atoms with Crippen LogP contribution >= 0.6 is 0 Å². The molecule has 4 nitrogen and oxygen atoms in total. The molecule has 1 aliphatic rings.